The lowest BCUT2D eigenvalue weighted by Gasteiger charge is -2.20. The Labute approximate surface area is 206 Å². The van der Waals surface area contributed by atoms with Gasteiger partial charge in [-0.2, -0.15) is 4.31 Å². The van der Waals surface area contributed by atoms with Gasteiger partial charge in [-0.15, -0.1) is 0 Å². The van der Waals surface area contributed by atoms with Crippen LogP contribution in [0, 0.1) is 0 Å². The molecule has 34 heavy (non-hydrogen) atoms. The van der Waals surface area contributed by atoms with Crippen LogP contribution in [0.3, 0.4) is 0 Å². The highest BCUT2D eigenvalue weighted by Crippen LogP contribution is 2.32. The quantitative estimate of drug-likeness (QED) is 0.364. The van der Waals surface area contributed by atoms with Gasteiger partial charge in [-0.25, -0.2) is 13.4 Å². The van der Waals surface area contributed by atoms with Gasteiger partial charge in [0.15, 0.2) is 5.13 Å². The summed E-state index contributed by atoms with van der Waals surface area (Å²) in [6.45, 7) is 1.33. The summed E-state index contributed by atoms with van der Waals surface area (Å²) in [6, 6.07) is 15.2. The number of carbonyl (C=O) groups is 1. The molecular weight excluding hydrogens is 492 g/mol. The van der Waals surface area contributed by atoms with E-state index in [1.807, 2.05) is 24.3 Å². The number of hydrogen-bond acceptors (Lipinski definition) is 6. The SMILES string of the molecule is O=C(c1ccc(S(=O)(=O)N2CCCC2)cc1)N(Cc1cccnc1)c1nc2ccc(Cl)cc2s1. The van der Waals surface area contributed by atoms with Crippen molar-refractivity contribution in [3.05, 3.63) is 83.1 Å². The van der Waals surface area contributed by atoms with E-state index in [0.717, 1.165) is 28.6 Å². The van der Waals surface area contributed by atoms with Crippen LogP contribution in [0.2, 0.25) is 5.02 Å². The summed E-state index contributed by atoms with van der Waals surface area (Å²) < 4.78 is 28.1. The molecule has 1 amide bonds. The van der Waals surface area contributed by atoms with E-state index in [0.29, 0.717) is 28.8 Å². The summed E-state index contributed by atoms with van der Waals surface area (Å²) in [5.41, 5.74) is 1.98. The molecule has 3 heterocycles. The third kappa shape index (κ3) is 4.56. The van der Waals surface area contributed by atoms with Crippen LogP contribution in [0.25, 0.3) is 10.2 Å². The summed E-state index contributed by atoms with van der Waals surface area (Å²) in [4.78, 5) is 24.2. The zero-order valence-corrected chi connectivity index (χ0v) is 20.5. The van der Waals surface area contributed by atoms with Crippen LogP contribution >= 0.6 is 22.9 Å². The lowest BCUT2D eigenvalue weighted by molar-refractivity contribution is 0.0985. The van der Waals surface area contributed by atoms with E-state index >= 15 is 0 Å². The summed E-state index contributed by atoms with van der Waals surface area (Å²) in [5, 5.41) is 1.13. The maximum absolute atomic E-state index is 13.6. The number of anilines is 1. The van der Waals surface area contributed by atoms with E-state index in [1.165, 1.54) is 27.8 Å². The van der Waals surface area contributed by atoms with Crippen molar-refractivity contribution in [1.29, 1.82) is 0 Å². The molecule has 2 aromatic heterocycles. The van der Waals surface area contributed by atoms with Gasteiger partial charge < -0.3 is 0 Å². The minimum atomic E-state index is -3.55. The fraction of sp³-hybridized carbons (Fsp3) is 0.208. The molecule has 0 spiro atoms. The van der Waals surface area contributed by atoms with Crippen LogP contribution in [0.4, 0.5) is 5.13 Å². The van der Waals surface area contributed by atoms with Gasteiger partial charge in [0.05, 0.1) is 21.7 Å². The predicted octanol–water partition coefficient (Wildman–Crippen LogP) is 4.98. The molecule has 0 unspecified atom stereocenters. The number of aromatic nitrogens is 2. The number of amides is 1. The van der Waals surface area contributed by atoms with E-state index in [2.05, 4.69) is 9.97 Å². The average molecular weight is 513 g/mol. The predicted molar refractivity (Wildman–Crippen MR) is 134 cm³/mol. The average Bonchev–Trinajstić information content (AvgIpc) is 3.53. The Morgan fingerprint density at radius 3 is 2.56 bits per heavy atom. The lowest BCUT2D eigenvalue weighted by Crippen LogP contribution is -2.30. The number of sulfonamides is 1. The number of carbonyl (C=O) groups excluding carboxylic acids is 1. The molecule has 1 aliphatic rings. The van der Waals surface area contributed by atoms with Crippen molar-refractivity contribution in [3.63, 3.8) is 0 Å². The maximum atomic E-state index is 13.6. The first-order valence-corrected chi connectivity index (χ1v) is 13.4. The van der Waals surface area contributed by atoms with Crippen molar-refractivity contribution in [1.82, 2.24) is 14.3 Å². The van der Waals surface area contributed by atoms with E-state index in [4.69, 9.17) is 11.6 Å². The van der Waals surface area contributed by atoms with Crippen molar-refractivity contribution in [3.8, 4) is 0 Å². The molecule has 1 saturated heterocycles. The first-order chi connectivity index (χ1) is 16.4. The molecule has 0 aliphatic carbocycles. The molecular formula is C24H21ClN4O3S2. The number of benzene rings is 2. The lowest BCUT2D eigenvalue weighted by atomic mass is 10.2. The smallest absolute Gasteiger partial charge is 0.260 e. The van der Waals surface area contributed by atoms with Crippen molar-refractivity contribution in [2.24, 2.45) is 0 Å². The van der Waals surface area contributed by atoms with Crippen LogP contribution in [-0.2, 0) is 16.6 Å². The number of fused-ring (bicyclic) bond motifs is 1. The molecule has 0 N–H and O–H groups in total. The van der Waals surface area contributed by atoms with Crippen molar-refractivity contribution in [2.75, 3.05) is 18.0 Å². The Morgan fingerprint density at radius 1 is 1.09 bits per heavy atom. The molecule has 5 rings (SSSR count). The number of nitrogens with zero attached hydrogens (tertiary/aromatic N) is 4. The van der Waals surface area contributed by atoms with Gasteiger partial charge in [0, 0.05) is 36.1 Å². The Morgan fingerprint density at radius 2 is 1.85 bits per heavy atom. The van der Waals surface area contributed by atoms with Gasteiger partial charge in [0.25, 0.3) is 5.91 Å². The second-order valence-corrected chi connectivity index (χ2v) is 11.4. The first kappa shape index (κ1) is 22.9. The highest BCUT2D eigenvalue weighted by Gasteiger charge is 2.28. The Bertz CT molecular complexity index is 1430. The van der Waals surface area contributed by atoms with Crippen LogP contribution in [0.5, 0.6) is 0 Å². The molecule has 1 fully saturated rings. The molecule has 2 aromatic carbocycles. The molecule has 0 radical (unpaired) electrons. The third-order valence-electron chi connectivity index (χ3n) is 5.68. The van der Waals surface area contributed by atoms with Gasteiger partial charge in [-0.3, -0.25) is 14.7 Å². The Balaban J connectivity index is 1.48. The third-order valence-corrected chi connectivity index (χ3v) is 8.87. The van der Waals surface area contributed by atoms with Gasteiger partial charge in [0.2, 0.25) is 10.0 Å². The Hall–Kier alpha value is -2.85. The maximum Gasteiger partial charge on any atom is 0.260 e. The van der Waals surface area contributed by atoms with Gasteiger partial charge in [-0.1, -0.05) is 29.0 Å². The standard InChI is InChI=1S/C24H21ClN4O3S2/c25-19-7-10-21-22(14-19)33-24(27-21)29(16-17-4-3-11-26-15-17)23(30)18-5-8-20(9-6-18)34(31,32)28-12-1-2-13-28/h3-11,14-15H,1-2,12-13,16H2. The first-order valence-electron chi connectivity index (χ1n) is 10.8. The van der Waals surface area contributed by atoms with Crippen LogP contribution in [0.15, 0.2) is 71.9 Å². The van der Waals surface area contributed by atoms with Crippen molar-refractivity contribution >= 4 is 54.2 Å². The largest absolute Gasteiger partial charge is 0.279 e. The minimum absolute atomic E-state index is 0.194. The molecule has 0 saturated carbocycles. The minimum Gasteiger partial charge on any atom is -0.279 e. The second kappa shape index (κ2) is 9.42. The van der Waals surface area contributed by atoms with Crippen LogP contribution < -0.4 is 4.90 Å². The molecule has 0 atom stereocenters. The number of hydrogen-bond donors (Lipinski definition) is 0. The molecule has 4 aromatic rings. The van der Waals surface area contributed by atoms with E-state index in [9.17, 15) is 13.2 Å². The second-order valence-electron chi connectivity index (χ2n) is 8.00. The van der Waals surface area contributed by atoms with E-state index in [-0.39, 0.29) is 17.3 Å². The summed E-state index contributed by atoms with van der Waals surface area (Å²) in [7, 11) is -3.55. The molecule has 10 heteroatoms. The molecule has 1 aliphatic heterocycles. The highest BCUT2D eigenvalue weighted by molar-refractivity contribution is 7.89. The monoisotopic (exact) mass is 512 g/mol. The molecule has 7 nitrogen and oxygen atoms in total. The summed E-state index contributed by atoms with van der Waals surface area (Å²) in [5.74, 6) is -0.279. The van der Waals surface area contributed by atoms with Crippen LogP contribution in [-0.4, -0.2) is 41.7 Å². The molecule has 174 valence electrons. The Kier molecular flexibility index (Phi) is 6.35. The fourth-order valence-corrected chi connectivity index (χ4v) is 6.66. The number of halogens is 1. The summed E-state index contributed by atoms with van der Waals surface area (Å²) >= 11 is 7.50. The summed E-state index contributed by atoms with van der Waals surface area (Å²) in [6.07, 6.45) is 5.12. The highest BCUT2D eigenvalue weighted by atomic mass is 35.5. The van der Waals surface area contributed by atoms with Gasteiger partial charge in [-0.05, 0) is 66.9 Å². The van der Waals surface area contributed by atoms with E-state index in [1.54, 1.807) is 35.5 Å². The van der Waals surface area contributed by atoms with E-state index < -0.39 is 10.0 Å². The van der Waals surface area contributed by atoms with Gasteiger partial charge >= 0.3 is 0 Å². The topological polar surface area (TPSA) is 83.5 Å². The number of rotatable bonds is 6. The number of pyridine rings is 1. The van der Waals surface area contributed by atoms with Crippen LogP contribution in [0.1, 0.15) is 28.8 Å². The normalized spacial score (nSPS) is 14.5. The number of thiazole rings is 1. The van der Waals surface area contributed by atoms with Crippen molar-refractivity contribution < 1.29 is 13.2 Å². The fourth-order valence-electron chi connectivity index (χ4n) is 3.91. The molecule has 0 bridgehead atoms. The zero-order chi connectivity index (χ0) is 23.7. The van der Waals surface area contributed by atoms with Gasteiger partial charge in [0.1, 0.15) is 0 Å². The van der Waals surface area contributed by atoms with Crippen molar-refractivity contribution in [2.45, 2.75) is 24.3 Å². The zero-order valence-electron chi connectivity index (χ0n) is 18.1.